The standard InChI is InChI=1S/C14H19N3/c1-10(15)14(8-9-14)7-6-13-16-11-4-2-3-5-12(11)17-13/h2-5,10H,6-9,15H2,1H3,(H,16,17). The Hall–Kier alpha value is -1.35. The number of fused-ring (bicyclic) bond motifs is 1. The minimum Gasteiger partial charge on any atom is -0.342 e. The van der Waals surface area contributed by atoms with Gasteiger partial charge >= 0.3 is 0 Å². The molecule has 3 rings (SSSR count). The second-order valence-electron chi connectivity index (χ2n) is 5.35. The molecular formula is C14H19N3. The largest absolute Gasteiger partial charge is 0.342 e. The van der Waals surface area contributed by atoms with Gasteiger partial charge in [-0.15, -0.1) is 0 Å². The second-order valence-corrected chi connectivity index (χ2v) is 5.35. The van der Waals surface area contributed by atoms with Crippen molar-refractivity contribution < 1.29 is 0 Å². The highest BCUT2D eigenvalue weighted by molar-refractivity contribution is 5.74. The zero-order valence-electron chi connectivity index (χ0n) is 10.2. The lowest BCUT2D eigenvalue weighted by molar-refractivity contribution is 0.387. The Balaban J connectivity index is 1.73. The summed E-state index contributed by atoms with van der Waals surface area (Å²) in [6.07, 6.45) is 4.73. The number of aryl methyl sites for hydroxylation is 1. The summed E-state index contributed by atoms with van der Waals surface area (Å²) in [7, 11) is 0. The predicted octanol–water partition coefficient (Wildman–Crippen LogP) is 2.62. The van der Waals surface area contributed by atoms with Crippen molar-refractivity contribution in [2.24, 2.45) is 11.1 Å². The van der Waals surface area contributed by atoms with Crippen LogP contribution in [-0.2, 0) is 6.42 Å². The molecular weight excluding hydrogens is 210 g/mol. The van der Waals surface area contributed by atoms with Gasteiger partial charge in [-0.2, -0.15) is 0 Å². The third-order valence-electron chi connectivity index (χ3n) is 4.16. The molecule has 1 aromatic heterocycles. The zero-order valence-corrected chi connectivity index (χ0v) is 10.2. The molecule has 1 aliphatic carbocycles. The van der Waals surface area contributed by atoms with E-state index in [2.05, 4.69) is 23.0 Å². The number of aromatic amines is 1. The van der Waals surface area contributed by atoms with E-state index >= 15 is 0 Å². The van der Waals surface area contributed by atoms with Crippen molar-refractivity contribution in [3.63, 3.8) is 0 Å². The summed E-state index contributed by atoms with van der Waals surface area (Å²) in [5.41, 5.74) is 8.64. The molecule has 0 saturated heterocycles. The average Bonchev–Trinajstić information content (AvgIpc) is 3.00. The summed E-state index contributed by atoms with van der Waals surface area (Å²) in [5, 5.41) is 0. The van der Waals surface area contributed by atoms with Gasteiger partial charge in [-0.3, -0.25) is 0 Å². The molecule has 17 heavy (non-hydrogen) atoms. The van der Waals surface area contributed by atoms with Crippen LogP contribution >= 0.6 is 0 Å². The van der Waals surface area contributed by atoms with Crippen LogP contribution < -0.4 is 5.73 Å². The molecule has 3 heteroatoms. The van der Waals surface area contributed by atoms with Gasteiger partial charge in [0.1, 0.15) is 5.82 Å². The fourth-order valence-corrected chi connectivity index (χ4v) is 2.58. The molecule has 1 saturated carbocycles. The molecule has 2 aromatic rings. The Bertz CT molecular complexity index is 490. The Morgan fingerprint density at radius 1 is 1.41 bits per heavy atom. The van der Waals surface area contributed by atoms with Crippen molar-refractivity contribution in [1.29, 1.82) is 0 Å². The first kappa shape index (κ1) is 10.8. The number of benzene rings is 1. The quantitative estimate of drug-likeness (QED) is 0.846. The highest BCUT2D eigenvalue weighted by atomic mass is 14.9. The van der Waals surface area contributed by atoms with Crippen molar-refractivity contribution in [1.82, 2.24) is 9.97 Å². The average molecular weight is 229 g/mol. The number of hydrogen-bond acceptors (Lipinski definition) is 2. The zero-order chi connectivity index (χ0) is 11.9. The maximum atomic E-state index is 6.04. The number of H-pyrrole nitrogens is 1. The van der Waals surface area contributed by atoms with Gasteiger partial charge in [0.25, 0.3) is 0 Å². The lowest BCUT2D eigenvalue weighted by atomic mass is 9.93. The molecule has 0 radical (unpaired) electrons. The molecule has 0 amide bonds. The van der Waals surface area contributed by atoms with Crippen LogP contribution in [-0.4, -0.2) is 16.0 Å². The van der Waals surface area contributed by atoms with E-state index in [9.17, 15) is 0 Å². The molecule has 90 valence electrons. The van der Waals surface area contributed by atoms with E-state index in [-0.39, 0.29) is 0 Å². The van der Waals surface area contributed by atoms with Crippen LogP contribution in [0.5, 0.6) is 0 Å². The highest BCUT2D eigenvalue weighted by Crippen LogP contribution is 2.51. The number of nitrogens with one attached hydrogen (secondary N) is 1. The molecule has 1 aromatic carbocycles. The molecule has 1 fully saturated rings. The van der Waals surface area contributed by atoms with E-state index in [0.717, 1.165) is 29.7 Å². The first-order chi connectivity index (χ1) is 8.20. The van der Waals surface area contributed by atoms with Crippen LogP contribution in [0.2, 0.25) is 0 Å². The van der Waals surface area contributed by atoms with E-state index in [0.29, 0.717) is 11.5 Å². The van der Waals surface area contributed by atoms with Crippen molar-refractivity contribution in [2.75, 3.05) is 0 Å². The molecule has 0 aliphatic heterocycles. The van der Waals surface area contributed by atoms with Gasteiger partial charge in [-0.1, -0.05) is 12.1 Å². The van der Waals surface area contributed by atoms with Crippen molar-refractivity contribution >= 4 is 11.0 Å². The molecule has 3 N–H and O–H groups in total. The highest BCUT2D eigenvalue weighted by Gasteiger charge is 2.45. The minimum absolute atomic E-state index is 0.312. The van der Waals surface area contributed by atoms with Gasteiger partial charge in [0.2, 0.25) is 0 Å². The van der Waals surface area contributed by atoms with E-state index in [1.165, 1.54) is 12.8 Å². The smallest absolute Gasteiger partial charge is 0.107 e. The van der Waals surface area contributed by atoms with Gasteiger partial charge in [0.15, 0.2) is 0 Å². The Morgan fingerprint density at radius 2 is 2.18 bits per heavy atom. The fourth-order valence-electron chi connectivity index (χ4n) is 2.58. The third kappa shape index (κ3) is 1.95. The van der Waals surface area contributed by atoms with Crippen molar-refractivity contribution in [3.05, 3.63) is 30.1 Å². The summed E-state index contributed by atoms with van der Waals surface area (Å²) in [6, 6.07) is 8.50. The maximum absolute atomic E-state index is 6.04. The Morgan fingerprint density at radius 3 is 2.82 bits per heavy atom. The summed E-state index contributed by atoms with van der Waals surface area (Å²) in [6.45, 7) is 2.13. The van der Waals surface area contributed by atoms with Gasteiger partial charge in [0, 0.05) is 12.5 Å². The van der Waals surface area contributed by atoms with E-state index in [1.54, 1.807) is 0 Å². The van der Waals surface area contributed by atoms with Gasteiger partial charge < -0.3 is 10.7 Å². The summed E-state index contributed by atoms with van der Waals surface area (Å²) in [4.78, 5) is 7.99. The normalized spacial score (nSPS) is 19.4. The molecule has 1 unspecified atom stereocenters. The summed E-state index contributed by atoms with van der Waals surface area (Å²) < 4.78 is 0. The fraction of sp³-hybridized carbons (Fsp3) is 0.500. The number of rotatable bonds is 4. The third-order valence-corrected chi connectivity index (χ3v) is 4.16. The number of nitrogens with two attached hydrogens (primary N) is 1. The minimum atomic E-state index is 0.312. The van der Waals surface area contributed by atoms with Gasteiger partial charge in [-0.05, 0) is 43.7 Å². The van der Waals surface area contributed by atoms with Crippen LogP contribution in [0.3, 0.4) is 0 Å². The Kier molecular flexibility index (Phi) is 2.44. The molecule has 1 heterocycles. The topological polar surface area (TPSA) is 54.7 Å². The van der Waals surface area contributed by atoms with E-state index < -0.39 is 0 Å². The van der Waals surface area contributed by atoms with Gasteiger partial charge in [-0.25, -0.2) is 4.98 Å². The first-order valence-corrected chi connectivity index (χ1v) is 6.39. The first-order valence-electron chi connectivity index (χ1n) is 6.39. The van der Waals surface area contributed by atoms with Crippen molar-refractivity contribution in [3.8, 4) is 0 Å². The lowest BCUT2D eigenvalue weighted by Crippen LogP contribution is -2.28. The number of imidazole rings is 1. The molecule has 3 nitrogen and oxygen atoms in total. The SMILES string of the molecule is CC(N)C1(CCc2nc3ccccc3[nH]2)CC1. The number of aromatic nitrogens is 2. The van der Waals surface area contributed by atoms with Gasteiger partial charge in [0.05, 0.1) is 11.0 Å². The van der Waals surface area contributed by atoms with Crippen LogP contribution in [0.4, 0.5) is 0 Å². The van der Waals surface area contributed by atoms with Crippen LogP contribution in [0, 0.1) is 5.41 Å². The number of para-hydroxylation sites is 2. The number of nitrogens with zero attached hydrogens (tertiary/aromatic N) is 1. The van der Waals surface area contributed by atoms with E-state index in [4.69, 9.17) is 5.73 Å². The van der Waals surface area contributed by atoms with Crippen molar-refractivity contribution in [2.45, 2.75) is 38.6 Å². The molecule has 0 bridgehead atoms. The molecule has 1 atom stereocenters. The molecule has 0 spiro atoms. The second kappa shape index (κ2) is 3.84. The molecule has 1 aliphatic rings. The van der Waals surface area contributed by atoms with Crippen LogP contribution in [0.1, 0.15) is 32.0 Å². The Labute approximate surface area is 101 Å². The maximum Gasteiger partial charge on any atom is 0.107 e. The summed E-state index contributed by atoms with van der Waals surface area (Å²) in [5.74, 6) is 1.10. The predicted molar refractivity (Wildman–Crippen MR) is 69.7 cm³/mol. The number of hydrogen-bond donors (Lipinski definition) is 2. The van der Waals surface area contributed by atoms with Crippen LogP contribution in [0.25, 0.3) is 11.0 Å². The van der Waals surface area contributed by atoms with Crippen LogP contribution in [0.15, 0.2) is 24.3 Å². The summed E-state index contributed by atoms with van der Waals surface area (Å²) >= 11 is 0. The lowest BCUT2D eigenvalue weighted by Gasteiger charge is -2.18. The van der Waals surface area contributed by atoms with E-state index in [1.807, 2.05) is 18.2 Å². The monoisotopic (exact) mass is 229 g/mol.